The Morgan fingerprint density at radius 2 is 2.14 bits per heavy atom. The summed E-state index contributed by atoms with van der Waals surface area (Å²) in [5.41, 5.74) is 8.58. The summed E-state index contributed by atoms with van der Waals surface area (Å²) in [5.74, 6) is 0.279. The molecule has 0 amide bonds. The standard InChI is InChI=1S/C11H14BNO/c1-7(14)11(4-5-11)8-2-3-10(13)9(12)6-8/h2-3,6H,4-5,12-13H2,1H3. The van der Waals surface area contributed by atoms with Crippen LogP contribution in [0.3, 0.4) is 0 Å². The third kappa shape index (κ3) is 1.24. The van der Waals surface area contributed by atoms with Crippen LogP contribution in [0.4, 0.5) is 5.69 Å². The molecule has 1 fully saturated rings. The first-order valence-corrected chi connectivity index (χ1v) is 4.94. The van der Waals surface area contributed by atoms with E-state index >= 15 is 0 Å². The molecule has 0 aromatic heterocycles. The summed E-state index contributed by atoms with van der Waals surface area (Å²) in [7, 11) is 1.98. The van der Waals surface area contributed by atoms with E-state index in [0.29, 0.717) is 0 Å². The van der Waals surface area contributed by atoms with Gasteiger partial charge in [-0.05, 0) is 31.4 Å². The van der Waals surface area contributed by atoms with Gasteiger partial charge in [0.05, 0.1) is 5.41 Å². The number of carbonyl (C=O) groups is 1. The maximum atomic E-state index is 11.5. The van der Waals surface area contributed by atoms with E-state index in [4.69, 9.17) is 5.73 Å². The Morgan fingerprint density at radius 3 is 2.57 bits per heavy atom. The first-order chi connectivity index (χ1) is 6.56. The third-order valence-corrected chi connectivity index (χ3v) is 3.25. The highest BCUT2D eigenvalue weighted by molar-refractivity contribution is 6.35. The van der Waals surface area contributed by atoms with Gasteiger partial charge in [-0.3, -0.25) is 4.79 Å². The van der Waals surface area contributed by atoms with Gasteiger partial charge in [-0.1, -0.05) is 17.6 Å². The van der Waals surface area contributed by atoms with E-state index in [1.54, 1.807) is 6.92 Å². The lowest BCUT2D eigenvalue weighted by Gasteiger charge is -2.13. The topological polar surface area (TPSA) is 43.1 Å². The monoisotopic (exact) mass is 187 g/mol. The van der Waals surface area contributed by atoms with Crippen LogP contribution in [-0.4, -0.2) is 13.6 Å². The lowest BCUT2D eigenvalue weighted by atomic mass is 9.85. The summed E-state index contributed by atoms with van der Waals surface area (Å²) >= 11 is 0. The first kappa shape index (κ1) is 9.32. The summed E-state index contributed by atoms with van der Waals surface area (Å²) in [4.78, 5) is 11.5. The fourth-order valence-electron chi connectivity index (χ4n) is 1.94. The zero-order valence-corrected chi connectivity index (χ0v) is 8.63. The molecule has 3 heteroatoms. The molecule has 0 unspecified atom stereocenters. The summed E-state index contributed by atoms with van der Waals surface area (Å²) in [5, 5.41) is 0. The van der Waals surface area contributed by atoms with Gasteiger partial charge < -0.3 is 5.73 Å². The second-order valence-electron chi connectivity index (χ2n) is 4.21. The molecule has 14 heavy (non-hydrogen) atoms. The van der Waals surface area contributed by atoms with Crippen molar-refractivity contribution >= 4 is 24.8 Å². The Balaban J connectivity index is 2.43. The van der Waals surface area contributed by atoms with Crippen LogP contribution in [0.5, 0.6) is 0 Å². The molecule has 0 heterocycles. The second kappa shape index (κ2) is 2.87. The number of rotatable bonds is 2. The van der Waals surface area contributed by atoms with Crippen molar-refractivity contribution in [2.45, 2.75) is 25.2 Å². The van der Waals surface area contributed by atoms with Gasteiger partial charge in [-0.15, -0.1) is 0 Å². The average Bonchev–Trinajstić information content (AvgIpc) is 2.90. The van der Waals surface area contributed by atoms with Gasteiger partial charge in [0.25, 0.3) is 0 Å². The van der Waals surface area contributed by atoms with E-state index in [1.165, 1.54) is 0 Å². The largest absolute Gasteiger partial charge is 0.399 e. The quantitative estimate of drug-likeness (QED) is 0.528. The van der Waals surface area contributed by atoms with E-state index in [9.17, 15) is 4.79 Å². The maximum Gasteiger partial charge on any atom is 0.142 e. The number of hydrogen-bond donors (Lipinski definition) is 1. The van der Waals surface area contributed by atoms with E-state index in [0.717, 1.165) is 29.6 Å². The summed E-state index contributed by atoms with van der Waals surface area (Å²) in [6, 6.07) is 5.92. The van der Waals surface area contributed by atoms with Crippen molar-refractivity contribution in [2.75, 3.05) is 5.73 Å². The molecule has 2 rings (SSSR count). The molecule has 2 N–H and O–H groups in total. The Labute approximate surface area is 84.9 Å². The van der Waals surface area contributed by atoms with Crippen molar-refractivity contribution in [3.63, 3.8) is 0 Å². The number of Topliss-reactive ketones (excluding diaryl/α,β-unsaturated/α-hetero) is 1. The fraction of sp³-hybridized carbons (Fsp3) is 0.364. The van der Waals surface area contributed by atoms with Crippen LogP contribution in [0.2, 0.25) is 0 Å². The SMILES string of the molecule is Bc1cc(C2(C(C)=O)CC2)ccc1N. The van der Waals surface area contributed by atoms with Crippen LogP contribution in [0, 0.1) is 0 Å². The molecule has 0 radical (unpaired) electrons. The van der Waals surface area contributed by atoms with Crippen molar-refractivity contribution in [1.82, 2.24) is 0 Å². The number of anilines is 1. The van der Waals surface area contributed by atoms with E-state index < -0.39 is 0 Å². The van der Waals surface area contributed by atoms with Gasteiger partial charge in [0.15, 0.2) is 0 Å². The summed E-state index contributed by atoms with van der Waals surface area (Å²) in [6.07, 6.45) is 1.98. The third-order valence-electron chi connectivity index (χ3n) is 3.25. The predicted octanol–water partition coefficient (Wildman–Crippen LogP) is 0.148. The average molecular weight is 187 g/mol. The molecular weight excluding hydrogens is 173 g/mol. The molecule has 2 nitrogen and oxygen atoms in total. The number of carbonyl (C=O) groups excluding carboxylic acids is 1. The van der Waals surface area contributed by atoms with Crippen molar-refractivity contribution < 1.29 is 4.79 Å². The minimum atomic E-state index is -0.168. The number of hydrogen-bond acceptors (Lipinski definition) is 2. The summed E-state index contributed by atoms with van der Waals surface area (Å²) < 4.78 is 0. The van der Waals surface area contributed by atoms with Gasteiger partial charge in [0, 0.05) is 5.69 Å². The van der Waals surface area contributed by atoms with Crippen molar-refractivity contribution in [3.05, 3.63) is 23.8 Å². The smallest absolute Gasteiger partial charge is 0.142 e. The van der Waals surface area contributed by atoms with Gasteiger partial charge >= 0.3 is 0 Å². The van der Waals surface area contributed by atoms with Crippen LogP contribution in [-0.2, 0) is 10.2 Å². The van der Waals surface area contributed by atoms with Crippen LogP contribution in [0.1, 0.15) is 25.3 Å². The molecule has 0 aliphatic heterocycles. The Hall–Kier alpha value is -1.25. The summed E-state index contributed by atoms with van der Waals surface area (Å²) in [6.45, 7) is 1.68. The zero-order chi connectivity index (χ0) is 10.3. The Kier molecular flexibility index (Phi) is 1.91. The molecule has 1 aliphatic rings. The lowest BCUT2D eigenvalue weighted by Crippen LogP contribution is -2.20. The van der Waals surface area contributed by atoms with E-state index in [2.05, 4.69) is 0 Å². The lowest BCUT2D eigenvalue weighted by molar-refractivity contribution is -0.119. The highest BCUT2D eigenvalue weighted by Gasteiger charge is 2.48. The molecule has 0 bridgehead atoms. The molecule has 72 valence electrons. The van der Waals surface area contributed by atoms with Gasteiger partial charge in [0.1, 0.15) is 13.6 Å². The van der Waals surface area contributed by atoms with Crippen LogP contribution in [0.25, 0.3) is 0 Å². The van der Waals surface area contributed by atoms with Crippen LogP contribution in [0.15, 0.2) is 18.2 Å². The van der Waals surface area contributed by atoms with Gasteiger partial charge in [0.2, 0.25) is 0 Å². The zero-order valence-electron chi connectivity index (χ0n) is 8.63. The fourth-order valence-corrected chi connectivity index (χ4v) is 1.94. The Bertz CT molecular complexity index is 396. The highest BCUT2D eigenvalue weighted by Crippen LogP contribution is 2.48. The van der Waals surface area contributed by atoms with E-state index in [-0.39, 0.29) is 11.2 Å². The van der Waals surface area contributed by atoms with Crippen molar-refractivity contribution in [3.8, 4) is 0 Å². The number of ketones is 1. The normalized spacial score (nSPS) is 17.8. The van der Waals surface area contributed by atoms with Crippen molar-refractivity contribution in [1.29, 1.82) is 0 Å². The predicted molar refractivity (Wildman–Crippen MR) is 60.6 cm³/mol. The van der Waals surface area contributed by atoms with Crippen LogP contribution >= 0.6 is 0 Å². The van der Waals surface area contributed by atoms with Gasteiger partial charge in [-0.25, -0.2) is 0 Å². The Morgan fingerprint density at radius 1 is 1.50 bits per heavy atom. The molecule has 0 spiro atoms. The molecule has 1 aromatic carbocycles. The molecule has 0 saturated heterocycles. The number of nitrogen functional groups attached to an aromatic ring is 1. The minimum Gasteiger partial charge on any atom is -0.399 e. The number of benzene rings is 1. The van der Waals surface area contributed by atoms with Gasteiger partial charge in [-0.2, -0.15) is 0 Å². The molecule has 1 aliphatic carbocycles. The van der Waals surface area contributed by atoms with Crippen molar-refractivity contribution in [2.24, 2.45) is 0 Å². The molecule has 0 atom stereocenters. The molecule has 1 aromatic rings. The van der Waals surface area contributed by atoms with E-state index in [1.807, 2.05) is 26.0 Å². The molecule has 1 saturated carbocycles. The number of nitrogens with two attached hydrogens (primary N) is 1. The second-order valence-corrected chi connectivity index (χ2v) is 4.21. The highest BCUT2D eigenvalue weighted by atomic mass is 16.1. The maximum absolute atomic E-state index is 11.5. The van der Waals surface area contributed by atoms with Crippen LogP contribution < -0.4 is 11.2 Å². The molecular formula is C11H14BNO. The minimum absolute atomic E-state index is 0.168. The first-order valence-electron chi connectivity index (χ1n) is 4.94.